The van der Waals surface area contributed by atoms with E-state index in [1.165, 1.54) is 6.07 Å². The second-order valence-corrected chi connectivity index (χ2v) is 3.66. The van der Waals surface area contributed by atoms with Gasteiger partial charge in [-0.25, -0.2) is 4.98 Å². The van der Waals surface area contributed by atoms with Gasteiger partial charge in [-0.3, -0.25) is 9.59 Å². The van der Waals surface area contributed by atoms with Crippen LogP contribution < -0.4 is 5.43 Å². The highest BCUT2D eigenvalue weighted by atomic mass is 16.5. The molecule has 2 aromatic rings. The summed E-state index contributed by atoms with van der Waals surface area (Å²) in [6.45, 7) is 3.01. The number of hydrogen-bond acceptors (Lipinski definition) is 4. The van der Waals surface area contributed by atoms with Crippen LogP contribution in [0.2, 0.25) is 0 Å². The summed E-state index contributed by atoms with van der Waals surface area (Å²) in [5.41, 5.74) is 1.40. The number of aryl methyl sites for hydroxylation is 1. The number of carbonyl (C=O) groups is 1. The van der Waals surface area contributed by atoms with Gasteiger partial charge in [0.25, 0.3) is 6.47 Å². The first-order valence-electron chi connectivity index (χ1n) is 5.24. The highest BCUT2D eigenvalue weighted by Gasteiger charge is 2.04. The summed E-state index contributed by atoms with van der Waals surface area (Å²) in [5.74, 6) is 0. The Hall–Kier alpha value is -2.17. The molecule has 2 aromatic heterocycles. The molecular weight excluding hydrogens is 220 g/mol. The third-order valence-electron chi connectivity index (χ3n) is 2.48. The van der Waals surface area contributed by atoms with Gasteiger partial charge < -0.3 is 9.30 Å². The van der Waals surface area contributed by atoms with Crippen LogP contribution in [-0.2, 0) is 16.1 Å². The van der Waals surface area contributed by atoms with Crippen LogP contribution in [0.3, 0.4) is 0 Å². The molecule has 0 saturated carbocycles. The second-order valence-electron chi connectivity index (χ2n) is 3.66. The lowest BCUT2D eigenvalue weighted by Crippen LogP contribution is -2.12. The molecule has 0 saturated heterocycles. The van der Waals surface area contributed by atoms with E-state index in [2.05, 4.69) is 9.72 Å². The van der Waals surface area contributed by atoms with Crippen LogP contribution >= 0.6 is 0 Å². The number of hydrogen-bond donors (Lipinski definition) is 0. The third-order valence-corrected chi connectivity index (χ3v) is 2.48. The van der Waals surface area contributed by atoms with Gasteiger partial charge in [0, 0.05) is 18.0 Å². The van der Waals surface area contributed by atoms with Gasteiger partial charge in [0.2, 0.25) is 0 Å². The van der Waals surface area contributed by atoms with Gasteiger partial charge >= 0.3 is 0 Å². The van der Waals surface area contributed by atoms with Crippen LogP contribution in [0, 0.1) is 6.92 Å². The average Bonchev–Trinajstić information content (AvgIpc) is 2.32. The molecule has 0 unspecified atom stereocenters. The minimum Gasteiger partial charge on any atom is -0.466 e. The highest BCUT2D eigenvalue weighted by molar-refractivity contribution is 5.74. The summed E-state index contributed by atoms with van der Waals surface area (Å²) in [7, 11) is 0. The summed E-state index contributed by atoms with van der Waals surface area (Å²) in [6.07, 6.45) is 1.66. The molecule has 0 aliphatic rings. The van der Waals surface area contributed by atoms with E-state index in [4.69, 9.17) is 0 Å². The first-order valence-corrected chi connectivity index (χ1v) is 5.24. The molecular formula is C12H12N2O3. The Morgan fingerprint density at radius 2 is 2.24 bits per heavy atom. The molecule has 0 spiro atoms. The van der Waals surface area contributed by atoms with E-state index in [1.54, 1.807) is 22.9 Å². The molecule has 0 N–H and O–H groups in total. The van der Waals surface area contributed by atoms with E-state index < -0.39 is 0 Å². The third kappa shape index (κ3) is 2.33. The molecule has 5 heteroatoms. The fraction of sp³-hybridized carbons (Fsp3) is 0.250. The Labute approximate surface area is 97.7 Å². The zero-order chi connectivity index (χ0) is 12.3. The van der Waals surface area contributed by atoms with Gasteiger partial charge in [0.05, 0.1) is 11.9 Å². The van der Waals surface area contributed by atoms with Crippen LogP contribution in [-0.4, -0.2) is 22.6 Å². The SMILES string of the molecule is Cc1ccc2c(=O)ccn(CCOC=O)c2n1. The highest BCUT2D eigenvalue weighted by Crippen LogP contribution is 2.08. The Kier molecular flexibility index (Phi) is 3.18. The molecule has 0 radical (unpaired) electrons. The van der Waals surface area contributed by atoms with E-state index in [1.807, 2.05) is 6.92 Å². The smallest absolute Gasteiger partial charge is 0.293 e. The molecule has 0 aliphatic heterocycles. The monoisotopic (exact) mass is 232 g/mol. The van der Waals surface area contributed by atoms with Crippen molar-refractivity contribution in [3.63, 3.8) is 0 Å². The summed E-state index contributed by atoms with van der Waals surface area (Å²) in [6, 6.07) is 5.05. The first kappa shape index (κ1) is 11.3. The van der Waals surface area contributed by atoms with Crippen LogP contribution in [0.5, 0.6) is 0 Å². The lowest BCUT2D eigenvalue weighted by atomic mass is 10.2. The summed E-state index contributed by atoms with van der Waals surface area (Å²) >= 11 is 0. The van der Waals surface area contributed by atoms with Gasteiger partial charge in [-0.1, -0.05) is 0 Å². The first-order chi connectivity index (χ1) is 8.22. The Balaban J connectivity index is 2.48. The number of fused-ring (bicyclic) bond motifs is 1. The van der Waals surface area contributed by atoms with Crippen molar-refractivity contribution in [3.05, 3.63) is 40.3 Å². The summed E-state index contributed by atoms with van der Waals surface area (Å²) < 4.78 is 6.44. The number of carbonyl (C=O) groups excluding carboxylic acids is 1. The largest absolute Gasteiger partial charge is 0.466 e. The van der Waals surface area contributed by atoms with Crippen LogP contribution in [0.15, 0.2) is 29.2 Å². The van der Waals surface area contributed by atoms with Gasteiger partial charge in [-0.05, 0) is 19.1 Å². The maximum absolute atomic E-state index is 11.6. The quantitative estimate of drug-likeness (QED) is 0.580. The van der Waals surface area contributed by atoms with Gasteiger partial charge in [-0.15, -0.1) is 0 Å². The van der Waals surface area contributed by atoms with Crippen LogP contribution in [0.4, 0.5) is 0 Å². The van der Waals surface area contributed by atoms with E-state index in [0.717, 1.165) is 5.69 Å². The second kappa shape index (κ2) is 4.78. The predicted molar refractivity (Wildman–Crippen MR) is 62.8 cm³/mol. The number of nitrogens with zero attached hydrogens (tertiary/aromatic N) is 2. The number of pyridine rings is 2. The van der Waals surface area contributed by atoms with Gasteiger partial charge in [0.15, 0.2) is 5.43 Å². The van der Waals surface area contributed by atoms with Crippen molar-refractivity contribution in [3.8, 4) is 0 Å². The molecule has 0 atom stereocenters. The van der Waals surface area contributed by atoms with Crippen LogP contribution in [0.25, 0.3) is 11.0 Å². The topological polar surface area (TPSA) is 61.2 Å². The Morgan fingerprint density at radius 1 is 1.41 bits per heavy atom. The maximum Gasteiger partial charge on any atom is 0.293 e. The van der Waals surface area contributed by atoms with E-state index in [-0.39, 0.29) is 12.0 Å². The normalized spacial score (nSPS) is 10.4. The lowest BCUT2D eigenvalue weighted by Gasteiger charge is -2.09. The minimum absolute atomic E-state index is 0.0555. The van der Waals surface area contributed by atoms with E-state index >= 15 is 0 Å². The molecule has 0 aliphatic carbocycles. The van der Waals surface area contributed by atoms with Crippen LogP contribution in [0.1, 0.15) is 5.69 Å². The molecule has 2 rings (SSSR count). The fourth-order valence-corrected chi connectivity index (χ4v) is 1.65. The number of ether oxygens (including phenoxy) is 1. The van der Waals surface area contributed by atoms with Crippen molar-refractivity contribution in [2.45, 2.75) is 13.5 Å². The zero-order valence-corrected chi connectivity index (χ0v) is 9.42. The predicted octanol–water partition coefficient (Wildman–Crippen LogP) is 0.878. The van der Waals surface area contributed by atoms with Gasteiger partial charge in [0.1, 0.15) is 12.3 Å². The standard InChI is InChI=1S/C12H12N2O3/c1-9-2-3-10-11(16)4-5-14(12(10)13-9)6-7-17-8-15/h2-5,8H,6-7H2,1H3. The molecule has 0 fully saturated rings. The van der Waals surface area contributed by atoms with Crippen molar-refractivity contribution in [2.24, 2.45) is 0 Å². The van der Waals surface area contributed by atoms with Crippen molar-refractivity contribution in [2.75, 3.05) is 6.61 Å². The molecule has 5 nitrogen and oxygen atoms in total. The fourth-order valence-electron chi connectivity index (χ4n) is 1.65. The molecule has 88 valence electrons. The van der Waals surface area contributed by atoms with Crippen molar-refractivity contribution < 1.29 is 9.53 Å². The Bertz CT molecular complexity index is 604. The Morgan fingerprint density at radius 3 is 3.00 bits per heavy atom. The summed E-state index contributed by atoms with van der Waals surface area (Å²) in [5, 5.41) is 0.573. The zero-order valence-electron chi connectivity index (χ0n) is 9.42. The molecule has 0 amide bonds. The average molecular weight is 232 g/mol. The van der Waals surface area contributed by atoms with Gasteiger partial charge in [-0.2, -0.15) is 0 Å². The van der Waals surface area contributed by atoms with Crippen molar-refractivity contribution in [1.82, 2.24) is 9.55 Å². The molecule has 17 heavy (non-hydrogen) atoms. The lowest BCUT2D eigenvalue weighted by molar-refractivity contribution is -0.128. The number of aromatic nitrogens is 2. The number of rotatable bonds is 4. The summed E-state index contributed by atoms with van der Waals surface area (Å²) in [4.78, 5) is 26.0. The molecule has 2 heterocycles. The van der Waals surface area contributed by atoms with Crippen molar-refractivity contribution in [1.29, 1.82) is 0 Å². The molecule has 0 aromatic carbocycles. The van der Waals surface area contributed by atoms with E-state index in [9.17, 15) is 9.59 Å². The maximum atomic E-state index is 11.6. The molecule has 0 bridgehead atoms. The minimum atomic E-state index is -0.0555. The van der Waals surface area contributed by atoms with Crippen molar-refractivity contribution >= 4 is 17.5 Å². The van der Waals surface area contributed by atoms with E-state index in [0.29, 0.717) is 24.1 Å².